The number of hydrogen-bond donors (Lipinski definition) is 4. The smallest absolute Gasteiger partial charge is 0.280 e. The van der Waals surface area contributed by atoms with Gasteiger partial charge in [-0.05, 0) is 97.8 Å². The summed E-state index contributed by atoms with van der Waals surface area (Å²) in [5.41, 5.74) is 11.0. The van der Waals surface area contributed by atoms with Gasteiger partial charge in [0, 0.05) is 94.8 Å². The molecule has 5 unspecified atom stereocenters. The van der Waals surface area contributed by atoms with Gasteiger partial charge in [0.25, 0.3) is 23.5 Å². The number of anilines is 3. The minimum Gasteiger partial charge on any atom is -0.756 e. The normalized spacial score (nSPS) is 21.5. The minimum absolute atomic E-state index is 0.0234. The highest BCUT2D eigenvalue weighted by molar-refractivity contribution is 7.65. The second-order valence-electron chi connectivity index (χ2n) is 19.8. The van der Waals surface area contributed by atoms with E-state index >= 15 is 0 Å². The first kappa shape index (κ1) is 54.3. The molecule has 3 aliphatic carbocycles. The lowest BCUT2D eigenvalue weighted by molar-refractivity contribution is -0.249. The lowest BCUT2D eigenvalue weighted by Crippen LogP contribution is -2.41. The SMILES string of the molecule is CN(c1ccccc1)c1ccc2c(-c3ccccc3CN3CCC(C(=O)NCNc4cccc5c4C=CC5[C@H]4CC(O)[C@@H](COP(=O)([O-])OP(=O)([O-])OP(=O)([O-])O)C4)CC3)c3ccc(=[N+](C)c4ccccc4)cc-3oc2c1. The van der Waals surface area contributed by atoms with E-state index in [1.54, 1.807) is 0 Å². The molecule has 1 amide bonds. The Bertz CT molecular complexity index is 3510. The molecule has 0 spiro atoms. The number of piperidine rings is 1. The van der Waals surface area contributed by atoms with Gasteiger partial charge < -0.3 is 49.2 Å². The number of phosphoric acid groups is 3. The number of aliphatic hydroxyl groups is 1. The molecule has 0 radical (unpaired) electrons. The number of benzene rings is 6. The largest absolute Gasteiger partial charge is 0.756 e. The zero-order valence-corrected chi connectivity index (χ0v) is 44.9. The van der Waals surface area contributed by atoms with Crippen LogP contribution in [0.15, 0.2) is 150 Å². The molecule has 21 heteroatoms. The van der Waals surface area contributed by atoms with Gasteiger partial charge in [0.2, 0.25) is 17.0 Å². The molecule has 5 aromatic carbocycles. The van der Waals surface area contributed by atoms with Crippen LogP contribution in [0.4, 0.5) is 22.7 Å². The number of likely N-dealkylation sites (tertiary alicyclic amines) is 1. The first-order valence-corrected chi connectivity index (χ1v) is 29.8. The van der Waals surface area contributed by atoms with Crippen molar-refractivity contribution in [2.75, 3.05) is 50.7 Å². The number of nitrogens with one attached hydrogen (secondary N) is 2. The molecule has 10 rings (SSSR count). The Kier molecular flexibility index (Phi) is 16.0. The summed E-state index contributed by atoms with van der Waals surface area (Å²) in [5.74, 6) is -0.406. The molecule has 18 nitrogen and oxygen atoms in total. The summed E-state index contributed by atoms with van der Waals surface area (Å²) in [6, 6.07) is 47.7. The summed E-state index contributed by atoms with van der Waals surface area (Å²) < 4.78 is 55.3. The van der Waals surface area contributed by atoms with Crippen molar-refractivity contribution >= 4 is 69.2 Å². The Hall–Kier alpha value is -6.07. The fourth-order valence-corrected chi connectivity index (χ4v) is 14.0. The van der Waals surface area contributed by atoms with Gasteiger partial charge in [-0.15, -0.1) is 0 Å². The van der Waals surface area contributed by atoms with Crippen LogP contribution in [0, 0.1) is 17.8 Å². The van der Waals surface area contributed by atoms with Crippen molar-refractivity contribution in [1.82, 2.24) is 14.8 Å². The van der Waals surface area contributed by atoms with Crippen LogP contribution in [0.2, 0.25) is 0 Å². The number of carbonyl (C=O) groups is 1. The Balaban J connectivity index is 0.778. The number of para-hydroxylation sites is 2. The van der Waals surface area contributed by atoms with Crippen molar-refractivity contribution in [2.24, 2.45) is 17.8 Å². The zero-order chi connectivity index (χ0) is 54.1. The predicted octanol–water partition coefficient (Wildman–Crippen LogP) is 8.05. The maximum absolute atomic E-state index is 13.6. The van der Waals surface area contributed by atoms with Gasteiger partial charge in [0.1, 0.15) is 18.4 Å². The Morgan fingerprint density at radius 1 is 0.818 bits per heavy atom. The summed E-state index contributed by atoms with van der Waals surface area (Å²) in [5, 5.41) is 19.3. The molecule has 0 bridgehead atoms. The van der Waals surface area contributed by atoms with Gasteiger partial charge in [0.15, 0.2) is 0 Å². The maximum atomic E-state index is 13.6. The van der Waals surface area contributed by atoms with E-state index in [4.69, 9.17) is 9.31 Å². The topological polar surface area (TPSA) is 252 Å². The quantitative estimate of drug-likeness (QED) is 0.0274. The van der Waals surface area contributed by atoms with Gasteiger partial charge in [-0.1, -0.05) is 84.9 Å². The van der Waals surface area contributed by atoms with E-state index in [0.717, 1.165) is 85.7 Å². The lowest BCUT2D eigenvalue weighted by Gasteiger charge is -2.33. The van der Waals surface area contributed by atoms with E-state index in [1.165, 1.54) is 5.56 Å². The standard InChI is InChI=1S/C56H60N5O13P3/c1-59(41-13-5-3-6-14-41)43-20-22-49-53(32-43)72-54-33-44(60(2)42-15-7-4-8-16-42)21-23-50(54)55(49)46-17-10-9-12-38(46)34-61-28-26-37(27-29-61)56(63)58-36-57-51-19-11-18-47-45(24-25-48(47)51)39-30-40(52(62)31-39)35-71-76(67,68)74-77(69,70)73-75(64,65)66/h3-25,32-33,37,39-40,45,52,57,62H,26-31,34-36H2,1-2H3,(H4-,58,63,64,65,66,67,68,69,70)/p-2/t39-,40-,45?,52?/m1/s1. The fourth-order valence-electron chi connectivity index (χ4n) is 11.1. The molecule has 2 fully saturated rings. The van der Waals surface area contributed by atoms with Crippen LogP contribution in [0.1, 0.15) is 48.3 Å². The molecule has 2 heterocycles. The molecule has 2 aliphatic heterocycles. The van der Waals surface area contributed by atoms with E-state index in [-0.39, 0.29) is 30.3 Å². The van der Waals surface area contributed by atoms with Crippen LogP contribution < -0.4 is 40.1 Å². The number of nitrogens with zero attached hydrogens (tertiary/aromatic N) is 3. The Morgan fingerprint density at radius 2 is 1.55 bits per heavy atom. The van der Waals surface area contributed by atoms with Gasteiger partial charge in [-0.3, -0.25) is 23.4 Å². The fraction of sp³-hybridized carbons (Fsp3) is 0.286. The summed E-state index contributed by atoms with van der Waals surface area (Å²) in [7, 11) is -13.5. The van der Waals surface area contributed by atoms with Crippen LogP contribution in [-0.2, 0) is 38.2 Å². The average molecular weight is 1100 g/mol. The van der Waals surface area contributed by atoms with Crippen LogP contribution in [-0.4, -0.2) is 67.4 Å². The number of rotatable bonds is 18. The lowest BCUT2D eigenvalue weighted by atomic mass is 9.85. The average Bonchev–Trinajstić information content (AvgIpc) is 4.02. The van der Waals surface area contributed by atoms with Crippen LogP contribution in [0.25, 0.3) is 39.5 Å². The van der Waals surface area contributed by atoms with Crippen molar-refractivity contribution in [3.63, 3.8) is 0 Å². The van der Waals surface area contributed by atoms with Gasteiger partial charge in [-0.25, -0.2) is 8.62 Å². The van der Waals surface area contributed by atoms with Gasteiger partial charge >= 0.3 is 0 Å². The second kappa shape index (κ2) is 22.7. The molecule has 0 aromatic heterocycles. The van der Waals surface area contributed by atoms with E-state index in [2.05, 4.69) is 137 Å². The highest BCUT2D eigenvalue weighted by atomic mass is 31.3. The summed E-state index contributed by atoms with van der Waals surface area (Å²) in [6.07, 6.45) is 4.99. The molecule has 4 N–H and O–H groups in total. The third-order valence-electron chi connectivity index (χ3n) is 15.0. The van der Waals surface area contributed by atoms with Crippen LogP contribution >= 0.6 is 23.5 Å². The molecule has 5 aromatic rings. The molecule has 7 atom stereocenters. The molecular weight excluding hydrogens is 1040 g/mol. The number of allylic oxidation sites excluding steroid dienone is 1. The maximum Gasteiger partial charge on any atom is 0.280 e. The summed E-state index contributed by atoms with van der Waals surface area (Å²) in [6.45, 7) is 1.75. The van der Waals surface area contributed by atoms with E-state index in [1.807, 2.05) is 66.7 Å². The van der Waals surface area contributed by atoms with E-state index in [0.29, 0.717) is 32.2 Å². The zero-order valence-electron chi connectivity index (χ0n) is 42.3. The number of amides is 1. The second-order valence-corrected chi connectivity index (χ2v) is 24.1. The van der Waals surface area contributed by atoms with E-state index in [9.17, 15) is 38.3 Å². The van der Waals surface area contributed by atoms with Gasteiger partial charge in [-0.2, -0.15) is 4.58 Å². The van der Waals surface area contributed by atoms with Gasteiger partial charge in [0.05, 0.1) is 25.4 Å². The Morgan fingerprint density at radius 3 is 2.30 bits per heavy atom. The van der Waals surface area contributed by atoms with Crippen LogP contribution in [0.5, 0.6) is 0 Å². The first-order valence-electron chi connectivity index (χ1n) is 25.3. The molecule has 77 heavy (non-hydrogen) atoms. The summed E-state index contributed by atoms with van der Waals surface area (Å²) in [4.78, 5) is 61.4. The molecule has 5 aliphatic rings. The number of carbonyl (C=O) groups excluding carboxylic acids is 1. The number of aliphatic hydroxyl groups excluding tert-OH is 1. The van der Waals surface area contributed by atoms with Crippen molar-refractivity contribution in [3.8, 4) is 22.5 Å². The molecule has 1 saturated heterocycles. The monoisotopic (exact) mass is 1100 g/mol. The first-order chi connectivity index (χ1) is 36.9. The third kappa shape index (κ3) is 12.6. The van der Waals surface area contributed by atoms with Crippen molar-refractivity contribution in [2.45, 2.75) is 44.2 Å². The molecular formula is C56H58N5O13P3-2. The number of hydrogen-bond acceptors (Lipinski definition) is 15. The highest BCUT2D eigenvalue weighted by Crippen LogP contribution is 2.62. The minimum atomic E-state index is -6.04. The molecule has 1 saturated carbocycles. The van der Waals surface area contributed by atoms with Crippen LogP contribution in [0.3, 0.4) is 0 Å². The third-order valence-corrected chi connectivity index (χ3v) is 18.6. The van der Waals surface area contributed by atoms with Crippen molar-refractivity contribution in [3.05, 3.63) is 168 Å². The highest BCUT2D eigenvalue weighted by Gasteiger charge is 2.40. The van der Waals surface area contributed by atoms with Crippen molar-refractivity contribution < 1.29 is 60.7 Å². The Labute approximate surface area is 445 Å². The predicted molar refractivity (Wildman–Crippen MR) is 288 cm³/mol. The van der Waals surface area contributed by atoms with Crippen molar-refractivity contribution in [1.29, 1.82) is 0 Å². The number of fused-ring (bicyclic) bond motifs is 3. The van der Waals surface area contributed by atoms with E-state index < -0.39 is 42.1 Å². The number of phosphoric ester groups is 1. The summed E-state index contributed by atoms with van der Waals surface area (Å²) >= 11 is 0. The molecule has 402 valence electrons.